The Morgan fingerprint density at radius 1 is 0.921 bits per heavy atom. The Kier molecular flexibility index (Phi) is 12.6. The van der Waals surface area contributed by atoms with Gasteiger partial charge in [-0.3, -0.25) is 9.59 Å². The molecular formula is C29H30Cl4N2O2S. The van der Waals surface area contributed by atoms with Crippen molar-refractivity contribution >= 4 is 70.0 Å². The number of carbonyl (C=O) groups excluding carboxylic acids is 2. The van der Waals surface area contributed by atoms with Crippen LogP contribution in [0.15, 0.2) is 66.7 Å². The second-order valence-electron chi connectivity index (χ2n) is 8.80. The van der Waals surface area contributed by atoms with Crippen molar-refractivity contribution in [2.45, 2.75) is 44.5 Å². The molecule has 0 bridgehead atoms. The monoisotopic (exact) mass is 610 g/mol. The van der Waals surface area contributed by atoms with Gasteiger partial charge in [0.15, 0.2) is 0 Å². The number of hydrogen-bond donors (Lipinski definition) is 1. The standard InChI is InChI=1S/C29H30Cl4N2O2S/c1-2-3-14-34-29(37)27(15-20-8-5-4-6-9-20)35(17-21-12-13-22(30)16-26(21)33)28(36)19-38-18-23-24(31)10-7-11-25(23)32/h4-13,16,27H,2-3,14-15,17-19H2,1H3,(H,34,37)/t27-/m0/s1. The summed E-state index contributed by atoms with van der Waals surface area (Å²) in [6.07, 6.45) is 2.18. The zero-order valence-corrected chi connectivity index (χ0v) is 24.9. The third-order valence-electron chi connectivity index (χ3n) is 5.99. The molecule has 1 N–H and O–H groups in total. The SMILES string of the molecule is CCCCNC(=O)[C@H](Cc1ccccc1)N(Cc1ccc(Cl)cc1Cl)C(=O)CSCc1c(Cl)cccc1Cl. The average Bonchev–Trinajstić information content (AvgIpc) is 2.89. The molecule has 0 aliphatic heterocycles. The fourth-order valence-electron chi connectivity index (χ4n) is 3.89. The van der Waals surface area contributed by atoms with E-state index < -0.39 is 6.04 Å². The molecule has 2 amide bonds. The van der Waals surface area contributed by atoms with Crippen molar-refractivity contribution in [1.82, 2.24) is 10.2 Å². The number of thioether (sulfide) groups is 1. The third-order valence-corrected chi connectivity index (χ3v) is 8.23. The highest BCUT2D eigenvalue weighted by Gasteiger charge is 2.30. The van der Waals surface area contributed by atoms with Gasteiger partial charge in [0.05, 0.1) is 5.75 Å². The van der Waals surface area contributed by atoms with Gasteiger partial charge in [-0.2, -0.15) is 0 Å². The van der Waals surface area contributed by atoms with E-state index >= 15 is 0 Å². The van der Waals surface area contributed by atoms with Gasteiger partial charge >= 0.3 is 0 Å². The summed E-state index contributed by atoms with van der Waals surface area (Å²) in [7, 11) is 0. The van der Waals surface area contributed by atoms with Gasteiger partial charge in [-0.25, -0.2) is 0 Å². The summed E-state index contributed by atoms with van der Waals surface area (Å²) in [6.45, 7) is 2.78. The maximum Gasteiger partial charge on any atom is 0.243 e. The van der Waals surface area contributed by atoms with Gasteiger partial charge < -0.3 is 10.2 Å². The van der Waals surface area contributed by atoms with Crippen LogP contribution in [0, 0.1) is 0 Å². The average molecular weight is 612 g/mol. The first kappa shape index (κ1) is 30.6. The van der Waals surface area contributed by atoms with Gasteiger partial charge in [0.1, 0.15) is 6.04 Å². The summed E-state index contributed by atoms with van der Waals surface area (Å²) >= 11 is 26.6. The van der Waals surface area contributed by atoms with Crippen LogP contribution in [-0.2, 0) is 28.3 Å². The van der Waals surface area contributed by atoms with Crippen molar-refractivity contribution in [1.29, 1.82) is 0 Å². The molecule has 9 heteroatoms. The molecule has 0 aliphatic rings. The van der Waals surface area contributed by atoms with Crippen LogP contribution in [-0.4, -0.2) is 35.1 Å². The van der Waals surface area contributed by atoms with Crippen LogP contribution >= 0.6 is 58.2 Å². The molecule has 3 rings (SSSR count). The number of carbonyl (C=O) groups is 2. The molecule has 0 radical (unpaired) electrons. The van der Waals surface area contributed by atoms with Gasteiger partial charge in [0.25, 0.3) is 0 Å². The van der Waals surface area contributed by atoms with E-state index in [0.29, 0.717) is 44.4 Å². The highest BCUT2D eigenvalue weighted by atomic mass is 35.5. The first-order chi connectivity index (χ1) is 18.3. The Morgan fingerprint density at radius 3 is 2.29 bits per heavy atom. The predicted octanol–water partition coefficient (Wildman–Crippen LogP) is 8.09. The number of halogens is 4. The molecule has 0 aromatic heterocycles. The largest absolute Gasteiger partial charge is 0.354 e. The molecule has 4 nitrogen and oxygen atoms in total. The Morgan fingerprint density at radius 2 is 1.63 bits per heavy atom. The summed E-state index contributed by atoms with van der Waals surface area (Å²) < 4.78 is 0. The summed E-state index contributed by atoms with van der Waals surface area (Å²) in [5, 5.41) is 5.07. The van der Waals surface area contributed by atoms with Crippen molar-refractivity contribution in [2.24, 2.45) is 0 Å². The zero-order valence-electron chi connectivity index (χ0n) is 21.1. The highest BCUT2D eigenvalue weighted by molar-refractivity contribution is 7.99. The lowest BCUT2D eigenvalue weighted by molar-refractivity contribution is -0.139. The molecule has 3 aromatic rings. The maximum atomic E-state index is 13.7. The van der Waals surface area contributed by atoms with Crippen molar-refractivity contribution in [2.75, 3.05) is 12.3 Å². The third kappa shape index (κ3) is 9.10. The molecule has 38 heavy (non-hydrogen) atoms. The molecule has 0 fully saturated rings. The minimum absolute atomic E-state index is 0.139. The smallest absolute Gasteiger partial charge is 0.243 e. The normalized spacial score (nSPS) is 11.7. The lowest BCUT2D eigenvalue weighted by Crippen LogP contribution is -2.51. The molecule has 0 aliphatic carbocycles. The number of rotatable bonds is 13. The van der Waals surface area contributed by atoms with E-state index in [1.807, 2.05) is 30.3 Å². The number of nitrogens with zero attached hydrogens (tertiary/aromatic N) is 1. The predicted molar refractivity (Wildman–Crippen MR) is 161 cm³/mol. The van der Waals surface area contributed by atoms with E-state index in [4.69, 9.17) is 46.4 Å². The van der Waals surface area contributed by atoms with E-state index in [0.717, 1.165) is 24.0 Å². The summed E-state index contributed by atoms with van der Waals surface area (Å²) in [6, 6.07) is 19.5. The minimum Gasteiger partial charge on any atom is -0.354 e. The van der Waals surface area contributed by atoms with Crippen LogP contribution in [0.4, 0.5) is 0 Å². The Labute approximate surface area is 249 Å². The number of unbranched alkanes of at least 4 members (excludes halogenated alkanes) is 1. The number of hydrogen-bond acceptors (Lipinski definition) is 3. The quantitative estimate of drug-likeness (QED) is 0.199. The highest BCUT2D eigenvalue weighted by Crippen LogP contribution is 2.29. The van der Waals surface area contributed by atoms with Crippen LogP contribution < -0.4 is 5.32 Å². The first-order valence-corrected chi connectivity index (χ1v) is 15.0. The lowest BCUT2D eigenvalue weighted by atomic mass is 10.0. The molecule has 0 unspecified atom stereocenters. The van der Waals surface area contributed by atoms with Crippen LogP contribution in [0.2, 0.25) is 20.1 Å². The summed E-state index contributed by atoms with van der Waals surface area (Å²) in [5.41, 5.74) is 2.45. The zero-order chi connectivity index (χ0) is 27.5. The van der Waals surface area contributed by atoms with Crippen LogP contribution in [0.3, 0.4) is 0 Å². The second kappa shape index (κ2) is 15.6. The second-order valence-corrected chi connectivity index (χ2v) is 11.4. The minimum atomic E-state index is -0.724. The topological polar surface area (TPSA) is 49.4 Å². The number of amides is 2. The molecule has 3 aromatic carbocycles. The molecule has 0 heterocycles. The van der Waals surface area contributed by atoms with Crippen molar-refractivity contribution < 1.29 is 9.59 Å². The van der Waals surface area contributed by atoms with Crippen LogP contribution in [0.1, 0.15) is 36.5 Å². The number of benzene rings is 3. The Hall–Kier alpha value is -1.89. The van der Waals surface area contributed by atoms with Gasteiger partial charge in [-0.1, -0.05) is 102 Å². The van der Waals surface area contributed by atoms with E-state index in [2.05, 4.69) is 12.2 Å². The molecule has 1 atom stereocenters. The molecular weight excluding hydrogens is 582 g/mol. The van der Waals surface area contributed by atoms with Gasteiger partial charge in [0, 0.05) is 45.4 Å². The Bertz CT molecular complexity index is 1210. The van der Waals surface area contributed by atoms with Gasteiger partial charge in [0.2, 0.25) is 11.8 Å². The molecule has 0 spiro atoms. The maximum absolute atomic E-state index is 13.7. The van der Waals surface area contributed by atoms with Crippen LogP contribution in [0.25, 0.3) is 0 Å². The van der Waals surface area contributed by atoms with Crippen molar-refractivity contribution in [3.8, 4) is 0 Å². The van der Waals surface area contributed by atoms with E-state index in [9.17, 15) is 9.59 Å². The molecule has 0 saturated heterocycles. The Balaban J connectivity index is 1.88. The van der Waals surface area contributed by atoms with Crippen molar-refractivity contribution in [3.63, 3.8) is 0 Å². The van der Waals surface area contributed by atoms with E-state index in [-0.39, 0.29) is 24.1 Å². The summed E-state index contributed by atoms with van der Waals surface area (Å²) in [5.74, 6) is 0.224. The summed E-state index contributed by atoms with van der Waals surface area (Å²) in [4.78, 5) is 28.8. The van der Waals surface area contributed by atoms with E-state index in [1.165, 1.54) is 11.8 Å². The fourth-order valence-corrected chi connectivity index (χ4v) is 6.00. The fraction of sp³-hybridized carbons (Fsp3) is 0.310. The molecule has 202 valence electrons. The number of nitrogens with one attached hydrogen (secondary N) is 1. The van der Waals surface area contributed by atoms with Crippen LogP contribution in [0.5, 0.6) is 0 Å². The molecule has 0 saturated carbocycles. The van der Waals surface area contributed by atoms with E-state index in [1.54, 1.807) is 41.3 Å². The van der Waals surface area contributed by atoms with Crippen molar-refractivity contribution in [3.05, 3.63) is 104 Å². The first-order valence-electron chi connectivity index (χ1n) is 12.4. The lowest BCUT2D eigenvalue weighted by Gasteiger charge is -2.32. The van der Waals surface area contributed by atoms with Gasteiger partial charge in [-0.15, -0.1) is 11.8 Å². The van der Waals surface area contributed by atoms with Gasteiger partial charge in [-0.05, 0) is 47.4 Å².